The third-order valence-electron chi connectivity index (χ3n) is 6.60. The number of anilines is 2. The molecule has 0 saturated carbocycles. The Morgan fingerprint density at radius 2 is 1.58 bits per heavy atom. The maximum Gasteiger partial charge on any atom is 0.278 e. The zero-order chi connectivity index (χ0) is 23.7. The number of imide groups is 1. The van der Waals surface area contributed by atoms with E-state index >= 15 is 0 Å². The number of carbonyl (C=O) groups is 2. The van der Waals surface area contributed by atoms with Crippen molar-refractivity contribution >= 4 is 28.8 Å². The lowest BCUT2D eigenvalue weighted by atomic mass is 9.97. The van der Waals surface area contributed by atoms with Gasteiger partial charge in [-0.3, -0.25) is 14.5 Å². The molecule has 0 unspecified atom stereocenters. The number of nitrogens with one attached hydrogen (secondary N) is 1. The van der Waals surface area contributed by atoms with Crippen molar-refractivity contribution in [1.29, 1.82) is 0 Å². The molecular formula is C27H34N4O2. The van der Waals surface area contributed by atoms with Crippen LogP contribution in [0.5, 0.6) is 0 Å². The van der Waals surface area contributed by atoms with Gasteiger partial charge >= 0.3 is 0 Å². The van der Waals surface area contributed by atoms with E-state index in [-0.39, 0.29) is 17.9 Å². The van der Waals surface area contributed by atoms with Gasteiger partial charge in [0.15, 0.2) is 0 Å². The highest BCUT2D eigenvalue weighted by atomic mass is 16.2. The number of rotatable bonds is 6. The fourth-order valence-corrected chi connectivity index (χ4v) is 4.70. The van der Waals surface area contributed by atoms with Gasteiger partial charge in [0.25, 0.3) is 11.8 Å². The fourth-order valence-electron chi connectivity index (χ4n) is 4.70. The molecule has 2 aliphatic heterocycles. The number of amides is 2. The summed E-state index contributed by atoms with van der Waals surface area (Å²) in [5, 5.41) is 3.28. The molecule has 0 spiro atoms. The van der Waals surface area contributed by atoms with Crippen LogP contribution >= 0.6 is 0 Å². The Bertz CT molecular complexity index is 1080. The number of nitrogens with zero attached hydrogens (tertiary/aromatic N) is 3. The maximum atomic E-state index is 13.3. The summed E-state index contributed by atoms with van der Waals surface area (Å²) in [6, 6.07) is 13.9. The van der Waals surface area contributed by atoms with Crippen LogP contribution in [0.2, 0.25) is 0 Å². The molecule has 6 heteroatoms. The van der Waals surface area contributed by atoms with Crippen LogP contribution in [0.25, 0.3) is 5.57 Å². The smallest absolute Gasteiger partial charge is 0.278 e. The van der Waals surface area contributed by atoms with Gasteiger partial charge in [-0.25, -0.2) is 0 Å². The minimum absolute atomic E-state index is 0.214. The van der Waals surface area contributed by atoms with Crippen LogP contribution in [-0.2, 0) is 9.59 Å². The summed E-state index contributed by atoms with van der Waals surface area (Å²) in [7, 11) is 0. The molecule has 1 N–H and O–H groups in total. The van der Waals surface area contributed by atoms with Gasteiger partial charge < -0.3 is 15.1 Å². The molecular weight excluding hydrogens is 412 g/mol. The molecule has 1 fully saturated rings. The van der Waals surface area contributed by atoms with Gasteiger partial charge in [0.1, 0.15) is 5.70 Å². The monoisotopic (exact) mass is 446 g/mol. The van der Waals surface area contributed by atoms with Crippen LogP contribution in [0.15, 0.2) is 48.2 Å². The Morgan fingerprint density at radius 1 is 0.909 bits per heavy atom. The lowest BCUT2D eigenvalue weighted by molar-refractivity contribution is -0.138. The highest BCUT2D eigenvalue weighted by molar-refractivity contribution is 6.36. The minimum atomic E-state index is -0.273. The van der Waals surface area contributed by atoms with Crippen LogP contribution < -0.4 is 10.2 Å². The van der Waals surface area contributed by atoms with Crippen molar-refractivity contribution in [2.45, 2.75) is 40.7 Å². The molecule has 33 heavy (non-hydrogen) atoms. The van der Waals surface area contributed by atoms with Gasteiger partial charge in [0, 0.05) is 43.6 Å². The molecule has 0 radical (unpaired) electrons. The summed E-state index contributed by atoms with van der Waals surface area (Å²) in [6.07, 6.45) is 0. The lowest BCUT2D eigenvalue weighted by Gasteiger charge is -2.35. The molecule has 0 aromatic heterocycles. The van der Waals surface area contributed by atoms with E-state index in [2.05, 4.69) is 34.2 Å². The van der Waals surface area contributed by atoms with Gasteiger partial charge in [-0.1, -0.05) is 30.7 Å². The largest absolute Gasteiger partial charge is 0.369 e. The minimum Gasteiger partial charge on any atom is -0.369 e. The number of piperazine rings is 1. The second kappa shape index (κ2) is 9.40. The maximum absolute atomic E-state index is 13.3. The Balaban J connectivity index is 1.63. The molecule has 0 bridgehead atoms. The Labute approximate surface area is 196 Å². The Kier molecular flexibility index (Phi) is 6.56. The predicted molar refractivity (Wildman–Crippen MR) is 134 cm³/mol. The molecule has 4 rings (SSSR count). The van der Waals surface area contributed by atoms with Gasteiger partial charge in [0.2, 0.25) is 0 Å². The summed E-state index contributed by atoms with van der Waals surface area (Å²) in [5.41, 5.74) is 5.69. The van der Waals surface area contributed by atoms with Crippen molar-refractivity contribution in [3.05, 3.63) is 64.9 Å². The van der Waals surface area contributed by atoms with Crippen LogP contribution in [0.1, 0.15) is 37.5 Å². The standard InChI is InChI=1S/C27H34N4O2/c1-6-29-13-15-30(16-14-29)22-10-8-21(9-11-22)28-25-24(23-12-7-19(4)17-20(23)5)26(32)31(18(2)3)27(25)33/h7-12,17-18,28H,6,13-16H2,1-5H3. The van der Waals surface area contributed by atoms with Crippen molar-refractivity contribution in [3.8, 4) is 0 Å². The van der Waals surface area contributed by atoms with E-state index in [1.165, 1.54) is 10.6 Å². The van der Waals surface area contributed by atoms with Crippen molar-refractivity contribution in [3.63, 3.8) is 0 Å². The lowest BCUT2D eigenvalue weighted by Crippen LogP contribution is -2.46. The molecule has 0 atom stereocenters. The molecule has 6 nitrogen and oxygen atoms in total. The molecule has 1 saturated heterocycles. The van der Waals surface area contributed by atoms with Gasteiger partial charge in [0.05, 0.1) is 5.57 Å². The number of hydrogen-bond acceptors (Lipinski definition) is 5. The predicted octanol–water partition coefficient (Wildman–Crippen LogP) is 4.05. The quantitative estimate of drug-likeness (QED) is 0.679. The van der Waals surface area contributed by atoms with E-state index in [9.17, 15) is 9.59 Å². The molecule has 2 aromatic carbocycles. The van der Waals surface area contributed by atoms with Crippen LogP contribution in [0.3, 0.4) is 0 Å². The van der Waals surface area contributed by atoms with E-state index in [4.69, 9.17) is 0 Å². The second-order valence-corrected chi connectivity index (χ2v) is 9.24. The third kappa shape index (κ3) is 4.53. The highest BCUT2D eigenvalue weighted by Crippen LogP contribution is 2.34. The van der Waals surface area contributed by atoms with E-state index in [1.54, 1.807) is 0 Å². The molecule has 2 aliphatic rings. The summed E-state index contributed by atoms with van der Waals surface area (Å²) in [6.45, 7) is 15.2. The van der Waals surface area contributed by atoms with Crippen LogP contribution in [0.4, 0.5) is 11.4 Å². The molecule has 0 aliphatic carbocycles. The molecule has 2 heterocycles. The van der Waals surface area contributed by atoms with Crippen LogP contribution in [-0.4, -0.2) is 60.4 Å². The molecule has 2 amide bonds. The SMILES string of the molecule is CCN1CCN(c2ccc(NC3=C(c4ccc(C)cc4C)C(=O)N(C(C)C)C3=O)cc2)CC1. The number of aryl methyl sites for hydroxylation is 2. The van der Waals surface area contributed by atoms with Crippen molar-refractivity contribution in [2.24, 2.45) is 0 Å². The van der Waals surface area contributed by atoms with E-state index in [0.29, 0.717) is 11.3 Å². The van der Waals surface area contributed by atoms with Crippen molar-refractivity contribution in [1.82, 2.24) is 9.80 Å². The van der Waals surface area contributed by atoms with Crippen molar-refractivity contribution < 1.29 is 9.59 Å². The second-order valence-electron chi connectivity index (χ2n) is 9.24. The Hall–Kier alpha value is -3.12. The first-order chi connectivity index (χ1) is 15.8. The van der Waals surface area contributed by atoms with Crippen LogP contribution in [0, 0.1) is 13.8 Å². The average molecular weight is 447 g/mol. The van der Waals surface area contributed by atoms with E-state index < -0.39 is 0 Å². The summed E-state index contributed by atoms with van der Waals surface area (Å²) >= 11 is 0. The topological polar surface area (TPSA) is 55.9 Å². The normalized spacial score (nSPS) is 17.5. The first kappa shape index (κ1) is 23.1. The molecule has 174 valence electrons. The summed E-state index contributed by atoms with van der Waals surface area (Å²) in [5.74, 6) is -0.514. The number of carbonyl (C=O) groups excluding carboxylic acids is 2. The zero-order valence-electron chi connectivity index (χ0n) is 20.3. The van der Waals surface area contributed by atoms with Gasteiger partial charge in [-0.05, 0) is 69.6 Å². The van der Waals surface area contributed by atoms with Crippen molar-refractivity contribution in [2.75, 3.05) is 42.9 Å². The number of likely N-dealkylation sites (N-methyl/N-ethyl adjacent to an activating group) is 1. The fraction of sp³-hybridized carbons (Fsp3) is 0.407. The summed E-state index contributed by atoms with van der Waals surface area (Å²) in [4.78, 5) is 32.8. The first-order valence-corrected chi connectivity index (χ1v) is 11.8. The van der Waals surface area contributed by atoms with Gasteiger partial charge in [-0.15, -0.1) is 0 Å². The highest BCUT2D eigenvalue weighted by Gasteiger charge is 2.41. The van der Waals surface area contributed by atoms with Gasteiger partial charge in [-0.2, -0.15) is 0 Å². The third-order valence-corrected chi connectivity index (χ3v) is 6.60. The van der Waals surface area contributed by atoms with E-state index in [1.807, 2.05) is 58.0 Å². The number of hydrogen-bond donors (Lipinski definition) is 1. The zero-order valence-corrected chi connectivity index (χ0v) is 20.3. The van der Waals surface area contributed by atoms with E-state index in [0.717, 1.165) is 55.1 Å². The first-order valence-electron chi connectivity index (χ1n) is 11.8. The number of benzene rings is 2. The Morgan fingerprint density at radius 3 is 2.15 bits per heavy atom. The summed E-state index contributed by atoms with van der Waals surface area (Å²) < 4.78 is 0. The molecule has 2 aromatic rings. The average Bonchev–Trinajstić information content (AvgIpc) is 3.04.